The van der Waals surface area contributed by atoms with E-state index in [0.717, 1.165) is 17.4 Å². The zero-order valence-electron chi connectivity index (χ0n) is 12.1. The molecule has 5 heteroatoms. The second-order valence-electron chi connectivity index (χ2n) is 5.28. The van der Waals surface area contributed by atoms with Crippen molar-refractivity contribution >= 4 is 27.7 Å². The number of rotatable bonds is 4. The molecule has 4 nitrogen and oxygen atoms in total. The number of carbonyl (C=O) groups excluding carboxylic acids is 2. The van der Waals surface area contributed by atoms with Crippen LogP contribution in [0.25, 0.3) is 0 Å². The maximum absolute atomic E-state index is 12.2. The van der Waals surface area contributed by atoms with Gasteiger partial charge in [-0.1, -0.05) is 34.6 Å². The first kappa shape index (κ1) is 15.8. The molecule has 0 radical (unpaired) electrons. The minimum Gasteiger partial charge on any atom is -0.341 e. The largest absolute Gasteiger partial charge is 0.341 e. The van der Waals surface area contributed by atoms with Gasteiger partial charge in [-0.05, 0) is 30.2 Å². The molecule has 1 aromatic carbocycles. The van der Waals surface area contributed by atoms with Crippen LogP contribution in [-0.4, -0.2) is 48.3 Å². The summed E-state index contributed by atoms with van der Waals surface area (Å²) >= 11 is 3.48. The number of carbonyl (C=O) groups is 2. The smallest absolute Gasteiger partial charge is 0.246 e. The molecule has 21 heavy (non-hydrogen) atoms. The van der Waals surface area contributed by atoms with E-state index >= 15 is 0 Å². The maximum Gasteiger partial charge on any atom is 0.246 e. The summed E-state index contributed by atoms with van der Waals surface area (Å²) in [4.78, 5) is 26.8. The Kier molecular flexibility index (Phi) is 5.17. The van der Waals surface area contributed by atoms with Crippen LogP contribution in [0, 0.1) is 0 Å². The lowest BCUT2D eigenvalue weighted by Gasteiger charge is -2.21. The van der Waals surface area contributed by atoms with Gasteiger partial charge < -0.3 is 9.80 Å². The third kappa shape index (κ3) is 3.94. The average Bonchev–Trinajstić information content (AvgIpc) is 2.96. The molecular weight excluding hydrogens is 332 g/mol. The van der Waals surface area contributed by atoms with Gasteiger partial charge in [-0.2, -0.15) is 0 Å². The number of nitrogens with zero attached hydrogens (tertiary/aromatic N) is 2. The summed E-state index contributed by atoms with van der Waals surface area (Å²) in [7, 11) is 1.61. The van der Waals surface area contributed by atoms with Crippen molar-refractivity contribution in [1.82, 2.24) is 9.80 Å². The number of benzene rings is 1. The zero-order valence-corrected chi connectivity index (χ0v) is 13.7. The van der Waals surface area contributed by atoms with Crippen LogP contribution < -0.4 is 0 Å². The van der Waals surface area contributed by atoms with Crippen molar-refractivity contribution in [2.24, 2.45) is 0 Å². The molecule has 2 rings (SSSR count). The molecule has 0 N–H and O–H groups in total. The van der Waals surface area contributed by atoms with Crippen molar-refractivity contribution in [2.75, 3.05) is 26.7 Å². The molecule has 1 heterocycles. The van der Waals surface area contributed by atoms with Crippen molar-refractivity contribution in [3.05, 3.63) is 47.0 Å². The van der Waals surface area contributed by atoms with Gasteiger partial charge in [0.2, 0.25) is 11.8 Å². The predicted molar refractivity (Wildman–Crippen MR) is 85.9 cm³/mol. The fourth-order valence-electron chi connectivity index (χ4n) is 2.56. The number of likely N-dealkylation sites (N-methyl/N-ethyl adjacent to an activating group) is 1. The van der Waals surface area contributed by atoms with Gasteiger partial charge in [0.1, 0.15) is 0 Å². The molecule has 1 atom stereocenters. The fourth-order valence-corrected chi connectivity index (χ4v) is 2.97. The first-order valence-electron chi connectivity index (χ1n) is 6.92. The summed E-state index contributed by atoms with van der Waals surface area (Å²) in [5, 5.41) is 0. The molecule has 1 saturated heterocycles. The Balaban J connectivity index is 1.94. The van der Waals surface area contributed by atoms with E-state index in [0.29, 0.717) is 12.5 Å². The van der Waals surface area contributed by atoms with E-state index in [1.54, 1.807) is 7.05 Å². The molecule has 0 bridgehead atoms. The standard InChI is InChI=1S/C16H19BrN2O2/c1-3-15(20)18(2)11-16(21)19-8-7-13(10-19)12-5-4-6-14(17)9-12/h3-6,9,13H,1,7-8,10-11H2,2H3. The van der Waals surface area contributed by atoms with Gasteiger partial charge in [-0.3, -0.25) is 9.59 Å². The molecular formula is C16H19BrN2O2. The fraction of sp³-hybridized carbons (Fsp3) is 0.375. The number of hydrogen-bond donors (Lipinski definition) is 0. The van der Waals surface area contributed by atoms with Gasteiger partial charge in [-0.25, -0.2) is 0 Å². The van der Waals surface area contributed by atoms with E-state index in [4.69, 9.17) is 0 Å². The zero-order chi connectivity index (χ0) is 15.4. The predicted octanol–water partition coefficient (Wildman–Crippen LogP) is 2.41. The summed E-state index contributed by atoms with van der Waals surface area (Å²) in [6.07, 6.45) is 2.18. The number of likely N-dealkylation sites (tertiary alicyclic amines) is 1. The highest BCUT2D eigenvalue weighted by Crippen LogP contribution is 2.28. The molecule has 1 unspecified atom stereocenters. The van der Waals surface area contributed by atoms with Crippen LogP contribution in [-0.2, 0) is 9.59 Å². The first-order valence-corrected chi connectivity index (χ1v) is 7.71. The van der Waals surface area contributed by atoms with Gasteiger partial charge in [0, 0.05) is 30.5 Å². The highest BCUT2D eigenvalue weighted by molar-refractivity contribution is 9.10. The van der Waals surface area contributed by atoms with E-state index in [-0.39, 0.29) is 18.4 Å². The summed E-state index contributed by atoms with van der Waals surface area (Å²) in [6.45, 7) is 4.99. The van der Waals surface area contributed by atoms with Crippen molar-refractivity contribution < 1.29 is 9.59 Å². The van der Waals surface area contributed by atoms with Crippen molar-refractivity contribution in [3.8, 4) is 0 Å². The van der Waals surface area contributed by atoms with Crippen molar-refractivity contribution in [3.63, 3.8) is 0 Å². The Morgan fingerprint density at radius 1 is 1.52 bits per heavy atom. The molecule has 0 spiro atoms. The van der Waals surface area contributed by atoms with Crippen LogP contribution in [0.15, 0.2) is 41.4 Å². The van der Waals surface area contributed by atoms with E-state index in [9.17, 15) is 9.59 Å². The summed E-state index contributed by atoms with van der Waals surface area (Å²) in [6, 6.07) is 8.21. The Morgan fingerprint density at radius 3 is 2.95 bits per heavy atom. The van der Waals surface area contributed by atoms with Crippen LogP contribution in [0.4, 0.5) is 0 Å². The quantitative estimate of drug-likeness (QED) is 0.782. The molecule has 0 saturated carbocycles. The maximum atomic E-state index is 12.2. The van der Waals surface area contributed by atoms with Crippen LogP contribution >= 0.6 is 15.9 Å². The minimum absolute atomic E-state index is 0.00908. The van der Waals surface area contributed by atoms with Gasteiger partial charge >= 0.3 is 0 Å². The second kappa shape index (κ2) is 6.89. The highest BCUT2D eigenvalue weighted by atomic mass is 79.9. The SMILES string of the molecule is C=CC(=O)N(C)CC(=O)N1CCC(c2cccc(Br)c2)C1. The average molecular weight is 351 g/mol. The molecule has 0 aliphatic carbocycles. The van der Waals surface area contributed by atoms with E-state index in [1.165, 1.54) is 16.5 Å². The van der Waals surface area contributed by atoms with Crippen molar-refractivity contribution in [2.45, 2.75) is 12.3 Å². The Bertz CT molecular complexity index is 559. The van der Waals surface area contributed by atoms with Crippen LogP contribution in [0.3, 0.4) is 0 Å². The van der Waals surface area contributed by atoms with E-state index in [1.807, 2.05) is 17.0 Å². The van der Waals surface area contributed by atoms with Gasteiger partial charge in [0.25, 0.3) is 0 Å². The molecule has 2 amide bonds. The Morgan fingerprint density at radius 2 is 2.29 bits per heavy atom. The van der Waals surface area contributed by atoms with Gasteiger partial charge in [0.05, 0.1) is 6.54 Å². The second-order valence-corrected chi connectivity index (χ2v) is 6.19. The van der Waals surface area contributed by atoms with Crippen LogP contribution in [0.2, 0.25) is 0 Å². The molecule has 1 aliphatic rings. The lowest BCUT2D eigenvalue weighted by atomic mass is 9.99. The third-order valence-electron chi connectivity index (χ3n) is 3.78. The number of amides is 2. The summed E-state index contributed by atoms with van der Waals surface area (Å²) in [5.74, 6) is 0.128. The number of hydrogen-bond acceptors (Lipinski definition) is 2. The molecule has 112 valence electrons. The van der Waals surface area contributed by atoms with Crippen LogP contribution in [0.5, 0.6) is 0 Å². The number of halogens is 1. The monoisotopic (exact) mass is 350 g/mol. The topological polar surface area (TPSA) is 40.6 Å². The van der Waals surface area contributed by atoms with E-state index in [2.05, 4.69) is 34.6 Å². The lowest BCUT2D eigenvalue weighted by molar-refractivity contribution is -0.136. The Labute approximate surface area is 133 Å². The molecule has 0 aromatic heterocycles. The molecule has 1 fully saturated rings. The van der Waals surface area contributed by atoms with Crippen LogP contribution in [0.1, 0.15) is 17.9 Å². The molecule has 1 aliphatic heterocycles. The third-order valence-corrected chi connectivity index (χ3v) is 4.28. The lowest BCUT2D eigenvalue weighted by Crippen LogP contribution is -2.39. The molecule has 1 aromatic rings. The normalized spacial score (nSPS) is 17.6. The first-order chi connectivity index (χ1) is 10.0. The Hall–Kier alpha value is -1.62. The summed E-state index contributed by atoms with van der Waals surface area (Å²) in [5.41, 5.74) is 1.25. The van der Waals surface area contributed by atoms with Crippen molar-refractivity contribution in [1.29, 1.82) is 0 Å². The highest BCUT2D eigenvalue weighted by Gasteiger charge is 2.28. The summed E-state index contributed by atoms with van der Waals surface area (Å²) < 4.78 is 1.06. The van der Waals surface area contributed by atoms with Gasteiger partial charge in [-0.15, -0.1) is 0 Å². The van der Waals surface area contributed by atoms with E-state index < -0.39 is 0 Å². The van der Waals surface area contributed by atoms with Gasteiger partial charge in [0.15, 0.2) is 0 Å². The minimum atomic E-state index is -0.230.